The summed E-state index contributed by atoms with van der Waals surface area (Å²) in [6.45, 7) is 6.74. The van der Waals surface area contributed by atoms with Crippen molar-refractivity contribution in [2.45, 2.75) is 6.54 Å². The normalized spacial score (nSPS) is 19.2. The van der Waals surface area contributed by atoms with Crippen LogP contribution in [0, 0.1) is 0 Å². The van der Waals surface area contributed by atoms with E-state index in [1.165, 1.54) is 9.80 Å². The molecule has 3 rings (SSSR count). The summed E-state index contributed by atoms with van der Waals surface area (Å²) in [5, 5.41) is 4.13. The van der Waals surface area contributed by atoms with Gasteiger partial charge in [0.1, 0.15) is 45.1 Å². The van der Waals surface area contributed by atoms with Gasteiger partial charge in [-0.2, -0.15) is 0 Å². The summed E-state index contributed by atoms with van der Waals surface area (Å²) in [5.41, 5.74) is 0.877. The van der Waals surface area contributed by atoms with Gasteiger partial charge in [0, 0.05) is 16.6 Å². The number of carbonyl (C=O) groups excluding carboxylic acids is 1. The SMILES string of the molecule is O=C(C[NH+]1CC[NH+](CCOc2ccccc2)CC1)NCc1ccc(Cl)cc1Cl. The highest BCUT2D eigenvalue weighted by atomic mass is 35.5. The molecule has 1 aliphatic heterocycles. The van der Waals surface area contributed by atoms with E-state index in [1.54, 1.807) is 12.1 Å². The monoisotopic (exact) mass is 423 g/mol. The molecule has 7 heteroatoms. The zero-order valence-electron chi connectivity index (χ0n) is 15.8. The summed E-state index contributed by atoms with van der Waals surface area (Å²) in [5.74, 6) is 0.973. The summed E-state index contributed by atoms with van der Waals surface area (Å²) in [7, 11) is 0. The first-order valence-electron chi connectivity index (χ1n) is 9.66. The summed E-state index contributed by atoms with van der Waals surface area (Å²) in [4.78, 5) is 15.1. The number of piperazine rings is 1. The van der Waals surface area contributed by atoms with Gasteiger partial charge in [-0.05, 0) is 29.8 Å². The fourth-order valence-electron chi connectivity index (χ4n) is 3.36. The van der Waals surface area contributed by atoms with Crippen molar-refractivity contribution in [3.05, 3.63) is 64.1 Å². The second kappa shape index (κ2) is 10.7. The second-order valence-corrected chi connectivity index (χ2v) is 7.94. The van der Waals surface area contributed by atoms with Gasteiger partial charge < -0.3 is 19.9 Å². The highest BCUT2D eigenvalue weighted by Crippen LogP contribution is 2.20. The standard InChI is InChI=1S/C21H25Cl2N3O2/c22-18-7-6-17(20(23)14-18)15-24-21(27)16-26-10-8-25(9-11-26)12-13-28-19-4-2-1-3-5-19/h1-7,14H,8-13,15-16H2,(H,24,27)/p+2. The van der Waals surface area contributed by atoms with Crippen LogP contribution in [0.4, 0.5) is 0 Å². The Labute approximate surface area is 176 Å². The number of para-hydroxylation sites is 1. The first-order valence-corrected chi connectivity index (χ1v) is 10.4. The fraction of sp³-hybridized carbons (Fsp3) is 0.381. The molecule has 2 aromatic rings. The number of rotatable bonds is 8. The number of hydrogen-bond acceptors (Lipinski definition) is 2. The molecule has 2 aromatic carbocycles. The molecule has 0 aliphatic carbocycles. The highest BCUT2D eigenvalue weighted by Gasteiger charge is 2.24. The molecule has 1 fully saturated rings. The molecule has 0 atom stereocenters. The van der Waals surface area contributed by atoms with Gasteiger partial charge in [0.05, 0.1) is 0 Å². The molecule has 1 saturated heterocycles. The van der Waals surface area contributed by atoms with E-state index in [1.807, 2.05) is 36.4 Å². The second-order valence-electron chi connectivity index (χ2n) is 7.10. The van der Waals surface area contributed by atoms with E-state index < -0.39 is 0 Å². The third-order valence-corrected chi connectivity index (χ3v) is 5.62. The molecule has 5 nitrogen and oxygen atoms in total. The van der Waals surface area contributed by atoms with Crippen LogP contribution in [0.2, 0.25) is 10.0 Å². The Morgan fingerprint density at radius 2 is 1.71 bits per heavy atom. The first-order chi connectivity index (χ1) is 13.6. The molecule has 150 valence electrons. The highest BCUT2D eigenvalue weighted by molar-refractivity contribution is 6.35. The van der Waals surface area contributed by atoms with E-state index in [2.05, 4.69) is 5.32 Å². The maximum absolute atomic E-state index is 12.2. The molecule has 1 heterocycles. The van der Waals surface area contributed by atoms with E-state index in [4.69, 9.17) is 27.9 Å². The van der Waals surface area contributed by atoms with E-state index in [9.17, 15) is 4.79 Å². The molecule has 0 spiro atoms. The van der Waals surface area contributed by atoms with Gasteiger partial charge in [0.25, 0.3) is 5.91 Å². The predicted octanol–water partition coefficient (Wildman–Crippen LogP) is 0.472. The molecule has 1 aliphatic rings. The summed E-state index contributed by atoms with van der Waals surface area (Å²) < 4.78 is 5.78. The number of carbonyl (C=O) groups is 1. The van der Waals surface area contributed by atoms with Crippen LogP contribution < -0.4 is 19.9 Å². The molecule has 0 radical (unpaired) electrons. The minimum atomic E-state index is 0.0527. The Kier molecular flexibility index (Phi) is 7.98. The van der Waals surface area contributed by atoms with Crippen LogP contribution in [0.5, 0.6) is 5.75 Å². The van der Waals surface area contributed by atoms with Gasteiger partial charge >= 0.3 is 0 Å². The number of halogens is 2. The summed E-state index contributed by atoms with van der Waals surface area (Å²) in [6.07, 6.45) is 0. The predicted molar refractivity (Wildman–Crippen MR) is 111 cm³/mol. The van der Waals surface area contributed by atoms with Gasteiger partial charge in [0.15, 0.2) is 6.54 Å². The van der Waals surface area contributed by atoms with Crippen molar-refractivity contribution in [3.8, 4) is 5.75 Å². The topological polar surface area (TPSA) is 47.2 Å². The minimum absolute atomic E-state index is 0.0527. The van der Waals surface area contributed by atoms with Crippen LogP contribution in [-0.4, -0.2) is 51.8 Å². The van der Waals surface area contributed by atoms with Crippen LogP contribution in [0.15, 0.2) is 48.5 Å². The van der Waals surface area contributed by atoms with E-state index in [0.717, 1.165) is 50.6 Å². The minimum Gasteiger partial charge on any atom is -0.488 e. The van der Waals surface area contributed by atoms with Gasteiger partial charge in [-0.1, -0.05) is 47.5 Å². The number of nitrogens with one attached hydrogen (secondary N) is 3. The molecular weight excluding hydrogens is 397 g/mol. The number of ether oxygens (including phenoxy) is 1. The van der Waals surface area contributed by atoms with Crippen molar-refractivity contribution in [3.63, 3.8) is 0 Å². The van der Waals surface area contributed by atoms with Crippen molar-refractivity contribution in [1.82, 2.24) is 5.32 Å². The van der Waals surface area contributed by atoms with Crippen LogP contribution in [0.3, 0.4) is 0 Å². The Morgan fingerprint density at radius 1 is 1.00 bits per heavy atom. The number of hydrogen-bond donors (Lipinski definition) is 3. The largest absolute Gasteiger partial charge is 0.488 e. The average Bonchev–Trinajstić information content (AvgIpc) is 2.69. The van der Waals surface area contributed by atoms with E-state index in [-0.39, 0.29) is 5.91 Å². The molecule has 0 saturated carbocycles. The summed E-state index contributed by atoms with van der Waals surface area (Å²) in [6, 6.07) is 15.2. The zero-order valence-corrected chi connectivity index (χ0v) is 17.4. The van der Waals surface area contributed by atoms with Crippen LogP contribution in [0.25, 0.3) is 0 Å². The Morgan fingerprint density at radius 3 is 2.43 bits per heavy atom. The lowest BCUT2D eigenvalue weighted by Gasteiger charge is -2.29. The number of amides is 1. The van der Waals surface area contributed by atoms with Crippen LogP contribution >= 0.6 is 23.2 Å². The van der Waals surface area contributed by atoms with Gasteiger partial charge in [-0.25, -0.2) is 0 Å². The first kappa shape index (κ1) is 20.9. The zero-order chi connectivity index (χ0) is 19.8. The molecular formula is C21H27Cl2N3O2+2. The molecule has 3 N–H and O–H groups in total. The smallest absolute Gasteiger partial charge is 0.275 e. The fourth-order valence-corrected chi connectivity index (χ4v) is 3.84. The molecule has 28 heavy (non-hydrogen) atoms. The van der Waals surface area contributed by atoms with Crippen molar-refractivity contribution in [2.75, 3.05) is 45.9 Å². The molecule has 0 aromatic heterocycles. The third-order valence-electron chi connectivity index (χ3n) is 5.03. The maximum atomic E-state index is 12.2. The molecule has 0 bridgehead atoms. The van der Waals surface area contributed by atoms with Crippen molar-refractivity contribution in [2.24, 2.45) is 0 Å². The van der Waals surface area contributed by atoms with Gasteiger partial charge in [-0.3, -0.25) is 4.79 Å². The van der Waals surface area contributed by atoms with Crippen molar-refractivity contribution in [1.29, 1.82) is 0 Å². The van der Waals surface area contributed by atoms with E-state index in [0.29, 0.717) is 23.1 Å². The Balaban J connectivity index is 1.32. The number of quaternary nitrogens is 2. The maximum Gasteiger partial charge on any atom is 0.275 e. The van der Waals surface area contributed by atoms with Gasteiger partial charge in [-0.15, -0.1) is 0 Å². The lowest BCUT2D eigenvalue weighted by molar-refractivity contribution is -1.01. The lowest BCUT2D eigenvalue weighted by Crippen LogP contribution is -3.28. The van der Waals surface area contributed by atoms with Crippen LogP contribution in [0.1, 0.15) is 5.56 Å². The Bertz CT molecular complexity index is 766. The quantitative estimate of drug-likeness (QED) is 0.577. The van der Waals surface area contributed by atoms with Crippen molar-refractivity contribution < 1.29 is 19.3 Å². The van der Waals surface area contributed by atoms with E-state index >= 15 is 0 Å². The molecule has 0 unspecified atom stereocenters. The van der Waals surface area contributed by atoms with Crippen molar-refractivity contribution >= 4 is 29.1 Å². The average molecular weight is 424 g/mol. The van der Waals surface area contributed by atoms with Gasteiger partial charge in [0.2, 0.25) is 0 Å². The third kappa shape index (κ3) is 6.67. The molecule has 1 amide bonds. The Hall–Kier alpha value is -1.79. The summed E-state index contributed by atoms with van der Waals surface area (Å²) >= 11 is 12.0. The van der Waals surface area contributed by atoms with Crippen LogP contribution in [-0.2, 0) is 11.3 Å². The number of benzene rings is 2. The lowest BCUT2D eigenvalue weighted by atomic mass is 10.2.